The molecule has 0 heterocycles. The molecule has 0 bridgehead atoms. The predicted molar refractivity (Wildman–Crippen MR) is 82.4 cm³/mol. The Morgan fingerprint density at radius 1 is 1.33 bits per heavy atom. The van der Waals surface area contributed by atoms with Gasteiger partial charge in [-0.3, -0.25) is 0 Å². The van der Waals surface area contributed by atoms with Crippen molar-refractivity contribution in [2.45, 2.75) is 6.61 Å². The zero-order valence-electron chi connectivity index (χ0n) is 10.7. The number of oxime groups is 1. The second kappa shape index (κ2) is 6.78. The van der Waals surface area contributed by atoms with Gasteiger partial charge in [-0.2, -0.15) is 0 Å². The van der Waals surface area contributed by atoms with E-state index in [1.807, 2.05) is 0 Å². The molecule has 0 unspecified atom stereocenters. The molecule has 0 saturated heterocycles. The first-order chi connectivity index (χ1) is 10.0. The largest absolute Gasteiger partial charge is 0.487 e. The average Bonchev–Trinajstić information content (AvgIpc) is 2.46. The van der Waals surface area contributed by atoms with Gasteiger partial charge in [-0.15, -0.1) is 0 Å². The van der Waals surface area contributed by atoms with Gasteiger partial charge in [0.25, 0.3) is 0 Å². The van der Waals surface area contributed by atoms with Gasteiger partial charge >= 0.3 is 0 Å². The van der Waals surface area contributed by atoms with Crippen LogP contribution in [0.5, 0.6) is 5.75 Å². The highest BCUT2D eigenvalue weighted by atomic mass is 79.9. The number of amidine groups is 1. The van der Waals surface area contributed by atoms with Crippen LogP contribution in [0.3, 0.4) is 0 Å². The van der Waals surface area contributed by atoms with Gasteiger partial charge in [-0.05, 0) is 30.3 Å². The fourth-order valence-corrected chi connectivity index (χ4v) is 2.20. The third kappa shape index (κ3) is 3.86. The molecule has 0 atom stereocenters. The molecule has 0 spiro atoms. The summed E-state index contributed by atoms with van der Waals surface area (Å²) in [5, 5.41) is 11.8. The molecule has 0 fully saturated rings. The zero-order chi connectivity index (χ0) is 15.4. The summed E-state index contributed by atoms with van der Waals surface area (Å²) in [6.45, 7) is 0.0434. The van der Waals surface area contributed by atoms with E-state index in [2.05, 4.69) is 21.1 Å². The van der Waals surface area contributed by atoms with Crippen LogP contribution >= 0.6 is 27.5 Å². The van der Waals surface area contributed by atoms with Crippen molar-refractivity contribution in [3.8, 4) is 5.75 Å². The first-order valence-corrected chi connectivity index (χ1v) is 7.02. The van der Waals surface area contributed by atoms with Crippen molar-refractivity contribution in [1.29, 1.82) is 0 Å². The molecule has 2 aromatic carbocycles. The molecule has 0 saturated carbocycles. The highest BCUT2D eigenvalue weighted by Gasteiger charge is 2.08. The summed E-state index contributed by atoms with van der Waals surface area (Å²) < 4.78 is 19.8. The van der Waals surface area contributed by atoms with Gasteiger partial charge in [0.15, 0.2) is 5.84 Å². The molecule has 2 aromatic rings. The van der Waals surface area contributed by atoms with Crippen LogP contribution in [0.15, 0.2) is 46.0 Å². The van der Waals surface area contributed by atoms with Crippen molar-refractivity contribution in [3.63, 3.8) is 0 Å². The summed E-state index contributed by atoms with van der Waals surface area (Å²) in [6, 6.07) is 9.38. The lowest BCUT2D eigenvalue weighted by molar-refractivity contribution is 0.300. The van der Waals surface area contributed by atoms with E-state index in [9.17, 15) is 4.39 Å². The van der Waals surface area contributed by atoms with Crippen LogP contribution in [0.1, 0.15) is 11.1 Å². The molecule has 0 aliphatic rings. The van der Waals surface area contributed by atoms with E-state index < -0.39 is 0 Å². The van der Waals surface area contributed by atoms with Crippen LogP contribution < -0.4 is 10.5 Å². The van der Waals surface area contributed by atoms with Crippen molar-refractivity contribution in [2.24, 2.45) is 10.9 Å². The Morgan fingerprint density at radius 2 is 2.10 bits per heavy atom. The highest BCUT2D eigenvalue weighted by molar-refractivity contribution is 9.10. The molecule has 0 aliphatic heterocycles. The molecular formula is C14H11BrClFN2O2. The van der Waals surface area contributed by atoms with Crippen LogP contribution in [-0.2, 0) is 6.61 Å². The van der Waals surface area contributed by atoms with Crippen LogP contribution in [0.2, 0.25) is 5.02 Å². The molecule has 0 aromatic heterocycles. The standard InChI is InChI=1S/C14H11BrClFN2O2/c15-10-3-1-9(12(17)6-10)7-21-13-4-2-8(5-11(13)16)14(18)19-20/h1-6,20H,7H2,(H2,18,19). The number of ether oxygens (including phenoxy) is 1. The van der Waals surface area contributed by atoms with E-state index in [1.165, 1.54) is 12.1 Å². The Bertz CT molecular complexity index is 695. The summed E-state index contributed by atoms with van der Waals surface area (Å²) in [7, 11) is 0. The van der Waals surface area contributed by atoms with Gasteiger partial charge in [0.1, 0.15) is 18.2 Å². The lowest BCUT2D eigenvalue weighted by atomic mass is 10.2. The fourth-order valence-electron chi connectivity index (χ4n) is 1.63. The van der Waals surface area contributed by atoms with E-state index >= 15 is 0 Å². The molecular weight excluding hydrogens is 363 g/mol. The van der Waals surface area contributed by atoms with Crippen LogP contribution in [0.4, 0.5) is 4.39 Å². The van der Waals surface area contributed by atoms with Gasteiger partial charge in [-0.25, -0.2) is 4.39 Å². The maximum absolute atomic E-state index is 13.7. The van der Waals surface area contributed by atoms with Gasteiger partial charge in [0, 0.05) is 15.6 Å². The quantitative estimate of drug-likeness (QED) is 0.369. The normalized spacial score (nSPS) is 11.5. The molecule has 110 valence electrons. The number of nitrogens with two attached hydrogens (primary N) is 1. The first-order valence-electron chi connectivity index (χ1n) is 5.85. The molecule has 21 heavy (non-hydrogen) atoms. The Balaban J connectivity index is 2.13. The summed E-state index contributed by atoms with van der Waals surface area (Å²) in [5.41, 5.74) is 6.33. The van der Waals surface area contributed by atoms with Crippen molar-refractivity contribution in [3.05, 3.63) is 62.8 Å². The maximum Gasteiger partial charge on any atom is 0.170 e. The highest BCUT2D eigenvalue weighted by Crippen LogP contribution is 2.27. The number of halogens is 3. The fraction of sp³-hybridized carbons (Fsp3) is 0.0714. The molecule has 0 radical (unpaired) electrons. The first kappa shape index (κ1) is 15.6. The maximum atomic E-state index is 13.7. The molecule has 0 amide bonds. The number of rotatable bonds is 4. The molecule has 4 nitrogen and oxygen atoms in total. The minimum Gasteiger partial charge on any atom is -0.487 e. The lowest BCUT2D eigenvalue weighted by Gasteiger charge is -2.10. The van der Waals surface area contributed by atoms with E-state index in [0.29, 0.717) is 21.3 Å². The predicted octanol–water partition coefficient (Wildman–Crippen LogP) is 3.92. The van der Waals surface area contributed by atoms with Gasteiger partial charge < -0.3 is 15.7 Å². The monoisotopic (exact) mass is 372 g/mol. The van der Waals surface area contributed by atoms with Crippen molar-refractivity contribution < 1.29 is 14.3 Å². The van der Waals surface area contributed by atoms with Gasteiger partial charge in [0.05, 0.1) is 5.02 Å². The Hall–Kier alpha value is -1.79. The van der Waals surface area contributed by atoms with Crippen molar-refractivity contribution in [1.82, 2.24) is 0 Å². The van der Waals surface area contributed by atoms with Crippen molar-refractivity contribution in [2.75, 3.05) is 0 Å². The van der Waals surface area contributed by atoms with Crippen LogP contribution in [-0.4, -0.2) is 11.0 Å². The third-order valence-electron chi connectivity index (χ3n) is 2.73. The minimum absolute atomic E-state index is 0.0434. The Kier molecular flexibility index (Phi) is 5.03. The second-order valence-electron chi connectivity index (χ2n) is 4.15. The van der Waals surface area contributed by atoms with E-state index in [1.54, 1.807) is 24.3 Å². The van der Waals surface area contributed by atoms with Crippen LogP contribution in [0, 0.1) is 5.82 Å². The van der Waals surface area contributed by atoms with Crippen molar-refractivity contribution >= 4 is 33.4 Å². The second-order valence-corrected chi connectivity index (χ2v) is 5.48. The van der Waals surface area contributed by atoms with E-state index in [0.717, 1.165) is 0 Å². The van der Waals surface area contributed by atoms with Gasteiger partial charge in [0.2, 0.25) is 0 Å². The Morgan fingerprint density at radius 3 is 2.71 bits per heavy atom. The lowest BCUT2D eigenvalue weighted by Crippen LogP contribution is -2.12. The van der Waals surface area contributed by atoms with E-state index in [4.69, 9.17) is 27.3 Å². The topological polar surface area (TPSA) is 67.8 Å². The summed E-state index contributed by atoms with van der Waals surface area (Å²) in [6.07, 6.45) is 0. The van der Waals surface area contributed by atoms with E-state index in [-0.39, 0.29) is 23.3 Å². The van der Waals surface area contributed by atoms with Crippen LogP contribution in [0.25, 0.3) is 0 Å². The average molecular weight is 374 g/mol. The molecule has 7 heteroatoms. The molecule has 0 aliphatic carbocycles. The number of hydrogen-bond acceptors (Lipinski definition) is 3. The summed E-state index contributed by atoms with van der Waals surface area (Å²) >= 11 is 9.23. The molecule has 2 rings (SSSR count). The Labute approximate surface area is 134 Å². The number of nitrogens with zero attached hydrogens (tertiary/aromatic N) is 1. The summed E-state index contributed by atoms with van der Waals surface area (Å²) in [4.78, 5) is 0. The minimum atomic E-state index is -0.367. The number of hydrogen-bond donors (Lipinski definition) is 2. The van der Waals surface area contributed by atoms with Gasteiger partial charge in [-0.1, -0.05) is 38.8 Å². The number of benzene rings is 2. The zero-order valence-corrected chi connectivity index (χ0v) is 13.0. The summed E-state index contributed by atoms with van der Waals surface area (Å²) in [5.74, 6) is -0.0374. The molecule has 3 N–H and O–H groups in total. The SMILES string of the molecule is NC(=NO)c1ccc(OCc2ccc(Br)cc2F)c(Cl)c1. The smallest absolute Gasteiger partial charge is 0.170 e. The third-order valence-corrected chi connectivity index (χ3v) is 3.52.